The molecule has 0 unspecified atom stereocenters. The van der Waals surface area contributed by atoms with Crippen LogP contribution in [0.2, 0.25) is 0 Å². The lowest BCUT2D eigenvalue weighted by molar-refractivity contribution is -0.145. The van der Waals surface area contributed by atoms with Crippen LogP contribution >= 0.6 is 11.3 Å². The maximum absolute atomic E-state index is 14.4. The first-order chi connectivity index (χ1) is 27.4. The number of nitrogens with one attached hydrogen (secondary N) is 5. The van der Waals surface area contributed by atoms with Crippen molar-refractivity contribution < 1.29 is 44.1 Å². The highest BCUT2D eigenvalue weighted by Crippen LogP contribution is 2.19. The number of aliphatic carboxylic acids is 1. The number of carbonyl (C=O) groups excluding carboxylic acids is 5. The number of anilines is 1. The first kappa shape index (κ1) is 40.2. The second-order valence-electron chi connectivity index (χ2n) is 13.7. The van der Waals surface area contributed by atoms with Crippen molar-refractivity contribution >= 4 is 63.3 Å². The summed E-state index contributed by atoms with van der Waals surface area (Å²) in [7, 11) is 0. The molecule has 8 N–H and O–H groups in total. The summed E-state index contributed by atoms with van der Waals surface area (Å²) >= 11 is 1.30. The van der Waals surface area contributed by atoms with Crippen molar-refractivity contribution in [3.63, 3.8) is 0 Å². The van der Waals surface area contributed by atoms with Gasteiger partial charge in [-0.2, -0.15) is 0 Å². The van der Waals surface area contributed by atoms with E-state index in [1.54, 1.807) is 53.9 Å². The molecule has 4 aromatic carbocycles. The third kappa shape index (κ3) is 10.7. The van der Waals surface area contributed by atoms with Crippen LogP contribution < -0.4 is 26.6 Å². The van der Waals surface area contributed by atoms with E-state index in [0.29, 0.717) is 21.6 Å². The highest BCUT2D eigenvalue weighted by molar-refractivity contribution is 7.09. The summed E-state index contributed by atoms with van der Waals surface area (Å²) in [5.74, 6) is -6.06. The minimum absolute atomic E-state index is 0.0208. The molecule has 294 valence electrons. The lowest BCUT2D eigenvalue weighted by atomic mass is 9.99. The number of carboxylic acid groups (broad SMARTS) is 1. The molecule has 0 saturated carbocycles. The Hall–Kier alpha value is -6.42. The number of hydrogen-bond donors (Lipinski definition) is 8. The molecule has 14 nitrogen and oxygen atoms in total. The van der Waals surface area contributed by atoms with Crippen LogP contribution in [0.15, 0.2) is 115 Å². The zero-order valence-electron chi connectivity index (χ0n) is 30.5. The smallest absolute Gasteiger partial charge is 0.326 e. The molecule has 2 aliphatic heterocycles. The van der Waals surface area contributed by atoms with Gasteiger partial charge in [0.05, 0.1) is 0 Å². The van der Waals surface area contributed by atoms with E-state index in [2.05, 4.69) is 26.6 Å². The standard InChI is InChI=1S/C42H41N5O9S/c48-35-36(49)41(54)46-33(23-30-11-6-18-57-30)39(52)45-32(22-26-12-15-27-9-4-5-10-28(27)19-26)37(50)44-31(20-24-7-2-1-3-8-24)38(51)47-34(42(55)56)21-25-13-16-29(17-14-25)43-40(35)53/h1-19,31-36,48-49H,20-23H2,(H,43,53)(H,44,50)(H,45,52)(H,46,54)(H,47,51)(H,55,56)/t31-,32+,33-,34+,35-,36-/m1/s1. The van der Waals surface area contributed by atoms with E-state index in [1.807, 2.05) is 36.4 Å². The molecular formula is C42H41N5O9S. The molecule has 6 atom stereocenters. The highest BCUT2D eigenvalue weighted by atomic mass is 32.1. The first-order valence-corrected chi connectivity index (χ1v) is 19.1. The van der Waals surface area contributed by atoms with Crippen molar-refractivity contribution in [1.82, 2.24) is 21.3 Å². The summed E-state index contributed by atoms with van der Waals surface area (Å²) in [5.41, 5.74) is 1.95. The maximum Gasteiger partial charge on any atom is 0.326 e. The summed E-state index contributed by atoms with van der Waals surface area (Å²) in [4.78, 5) is 81.9. The third-order valence-electron chi connectivity index (χ3n) is 9.53. The van der Waals surface area contributed by atoms with Crippen molar-refractivity contribution in [2.45, 2.75) is 62.1 Å². The minimum atomic E-state index is -2.29. The number of carbonyl (C=O) groups is 6. The molecule has 0 aliphatic carbocycles. The summed E-state index contributed by atoms with van der Waals surface area (Å²) in [6.07, 6.45) is -4.86. The molecule has 2 aliphatic rings. The van der Waals surface area contributed by atoms with Gasteiger partial charge in [0.2, 0.25) is 17.7 Å². The largest absolute Gasteiger partial charge is 0.480 e. The lowest BCUT2D eigenvalue weighted by Gasteiger charge is -2.27. The van der Waals surface area contributed by atoms with Crippen molar-refractivity contribution in [3.05, 3.63) is 136 Å². The van der Waals surface area contributed by atoms with Gasteiger partial charge in [-0.25, -0.2) is 4.79 Å². The molecule has 1 aromatic heterocycles. The quantitative estimate of drug-likeness (QED) is 0.113. The van der Waals surface area contributed by atoms with E-state index in [4.69, 9.17) is 0 Å². The second kappa shape index (κ2) is 18.5. The Morgan fingerprint density at radius 2 is 1.16 bits per heavy atom. The monoisotopic (exact) mass is 791 g/mol. The van der Waals surface area contributed by atoms with Crippen LogP contribution in [-0.4, -0.2) is 87.2 Å². The van der Waals surface area contributed by atoms with E-state index in [9.17, 15) is 44.1 Å². The highest BCUT2D eigenvalue weighted by Gasteiger charge is 2.35. The van der Waals surface area contributed by atoms with E-state index in [0.717, 1.165) is 10.8 Å². The van der Waals surface area contributed by atoms with Crippen LogP contribution in [0.4, 0.5) is 5.69 Å². The Bertz CT molecular complexity index is 2230. The average molecular weight is 792 g/mol. The summed E-state index contributed by atoms with van der Waals surface area (Å²) in [6.45, 7) is 0. The normalized spacial score (nSPS) is 22.7. The first-order valence-electron chi connectivity index (χ1n) is 18.2. The van der Waals surface area contributed by atoms with Crippen molar-refractivity contribution in [2.75, 3.05) is 5.32 Å². The Balaban J connectivity index is 1.38. The molecule has 0 spiro atoms. The molecule has 0 saturated heterocycles. The predicted molar refractivity (Wildman–Crippen MR) is 212 cm³/mol. The van der Waals surface area contributed by atoms with Crippen LogP contribution in [0, 0.1) is 0 Å². The molecule has 0 radical (unpaired) electrons. The van der Waals surface area contributed by atoms with Gasteiger partial charge in [-0.1, -0.05) is 91.0 Å². The van der Waals surface area contributed by atoms with Gasteiger partial charge in [-0.05, 0) is 51.0 Å². The zero-order chi connectivity index (χ0) is 40.5. The number of thiophene rings is 1. The summed E-state index contributed by atoms with van der Waals surface area (Å²) in [6, 6.07) is 25.8. The lowest BCUT2D eigenvalue weighted by Crippen LogP contribution is -2.60. The molecule has 3 heterocycles. The predicted octanol–water partition coefficient (Wildman–Crippen LogP) is 1.87. The molecular weight excluding hydrogens is 751 g/mol. The fourth-order valence-corrected chi connectivity index (χ4v) is 7.20. The molecule has 7 rings (SSSR count). The molecule has 5 aromatic rings. The van der Waals surface area contributed by atoms with Gasteiger partial charge in [-0.3, -0.25) is 24.0 Å². The zero-order valence-corrected chi connectivity index (χ0v) is 31.3. The Labute approximate surface area is 331 Å². The van der Waals surface area contributed by atoms with E-state index in [-0.39, 0.29) is 31.4 Å². The molecule has 15 heteroatoms. The van der Waals surface area contributed by atoms with Gasteiger partial charge in [0.15, 0.2) is 12.2 Å². The molecule has 2 bridgehead atoms. The van der Waals surface area contributed by atoms with Crippen molar-refractivity contribution in [3.8, 4) is 0 Å². The van der Waals surface area contributed by atoms with Gasteiger partial charge in [0, 0.05) is 36.2 Å². The van der Waals surface area contributed by atoms with Gasteiger partial charge in [0.25, 0.3) is 11.8 Å². The van der Waals surface area contributed by atoms with Gasteiger partial charge in [0.1, 0.15) is 24.2 Å². The number of carboxylic acids is 1. The number of fused-ring (bicyclic) bond motifs is 19. The molecule has 5 amide bonds. The maximum atomic E-state index is 14.4. The van der Waals surface area contributed by atoms with Gasteiger partial charge >= 0.3 is 5.97 Å². The number of amides is 5. The SMILES string of the molecule is O=C(O)[C@@H]1Cc2ccc(cc2)NC(=O)[C@H](O)[C@@H](O)C(=O)N[C@H](Cc2cccs2)C(=O)N[C@@H](Cc2ccc3ccccc3c2)C(=O)N[C@H](Cc2ccccc2)C(=O)N1. The van der Waals surface area contributed by atoms with Gasteiger partial charge < -0.3 is 41.9 Å². The van der Waals surface area contributed by atoms with E-state index < -0.39 is 71.9 Å². The Kier molecular flexibility index (Phi) is 13.0. The van der Waals surface area contributed by atoms with Crippen LogP contribution in [0.25, 0.3) is 10.8 Å². The number of rotatable bonds is 7. The fraction of sp³-hybridized carbons (Fsp3) is 0.238. The summed E-state index contributed by atoms with van der Waals surface area (Å²) in [5, 5.41) is 48.0. The van der Waals surface area contributed by atoms with Gasteiger partial charge in [-0.15, -0.1) is 11.3 Å². The van der Waals surface area contributed by atoms with Crippen LogP contribution in [0.1, 0.15) is 21.6 Å². The average Bonchev–Trinajstić information content (AvgIpc) is 3.73. The topological polar surface area (TPSA) is 223 Å². The molecule has 0 fully saturated rings. The van der Waals surface area contributed by atoms with Crippen LogP contribution in [0.5, 0.6) is 0 Å². The van der Waals surface area contributed by atoms with Crippen molar-refractivity contribution in [1.29, 1.82) is 0 Å². The third-order valence-corrected chi connectivity index (χ3v) is 10.4. The minimum Gasteiger partial charge on any atom is -0.480 e. The van der Waals surface area contributed by atoms with E-state index in [1.165, 1.54) is 35.6 Å². The number of benzene rings is 4. The number of aliphatic hydroxyl groups excluding tert-OH is 2. The fourth-order valence-electron chi connectivity index (χ4n) is 6.45. The van der Waals surface area contributed by atoms with E-state index >= 15 is 0 Å². The summed E-state index contributed by atoms with van der Waals surface area (Å²) < 4.78 is 0. The van der Waals surface area contributed by atoms with Crippen LogP contribution in [0.3, 0.4) is 0 Å². The number of hydrogen-bond acceptors (Lipinski definition) is 9. The second-order valence-corrected chi connectivity index (χ2v) is 14.8. The molecule has 57 heavy (non-hydrogen) atoms. The Morgan fingerprint density at radius 3 is 1.81 bits per heavy atom. The van der Waals surface area contributed by atoms with Crippen molar-refractivity contribution in [2.24, 2.45) is 0 Å². The number of aliphatic hydroxyl groups is 2. The van der Waals surface area contributed by atoms with Crippen LogP contribution in [-0.2, 0) is 54.5 Å². The Morgan fingerprint density at radius 1 is 0.579 bits per heavy atom.